The van der Waals surface area contributed by atoms with Crippen LogP contribution in [0, 0.1) is 0 Å². The number of nitrogens with one attached hydrogen (secondary N) is 2. The van der Waals surface area contributed by atoms with Gasteiger partial charge >= 0.3 is 0 Å². The molecule has 4 nitrogen and oxygen atoms in total. The van der Waals surface area contributed by atoms with Crippen molar-refractivity contribution in [1.82, 2.24) is 15.5 Å². The Hall–Kier alpha value is -1.39. The van der Waals surface area contributed by atoms with Crippen molar-refractivity contribution in [2.75, 3.05) is 27.2 Å². The highest BCUT2D eigenvalue weighted by molar-refractivity contribution is 5.76. The molecule has 0 aromatic heterocycles. The molecule has 1 aromatic carbocycles. The van der Waals surface area contributed by atoms with Crippen LogP contribution >= 0.6 is 0 Å². The van der Waals surface area contributed by atoms with Crippen LogP contribution in [-0.2, 0) is 4.79 Å². The summed E-state index contributed by atoms with van der Waals surface area (Å²) in [5.41, 5.74) is 1.15. The molecule has 0 bridgehead atoms. The van der Waals surface area contributed by atoms with E-state index >= 15 is 0 Å². The lowest BCUT2D eigenvalue weighted by molar-refractivity contribution is -0.122. The molecule has 0 saturated carbocycles. The number of carbonyl (C=O) groups excluding carboxylic acids is 1. The number of hydrogen-bond acceptors (Lipinski definition) is 3. The minimum Gasteiger partial charge on any atom is -0.348 e. The van der Waals surface area contributed by atoms with Crippen molar-refractivity contribution >= 4 is 5.91 Å². The largest absolute Gasteiger partial charge is 0.348 e. The summed E-state index contributed by atoms with van der Waals surface area (Å²) in [6, 6.07) is 10.7. The van der Waals surface area contributed by atoms with E-state index in [4.69, 9.17) is 0 Å². The number of carbonyl (C=O) groups is 1. The van der Waals surface area contributed by atoms with Crippen molar-refractivity contribution in [3.63, 3.8) is 0 Å². The van der Waals surface area contributed by atoms with Crippen molar-refractivity contribution < 1.29 is 4.79 Å². The molecule has 0 aliphatic rings. The number of rotatable bonds is 9. The van der Waals surface area contributed by atoms with Gasteiger partial charge in [-0.1, -0.05) is 44.2 Å². The molecule has 0 aliphatic heterocycles. The van der Waals surface area contributed by atoms with Crippen LogP contribution in [0.5, 0.6) is 0 Å². The maximum Gasteiger partial charge on any atom is 0.220 e. The molecule has 0 heterocycles. The quantitative estimate of drug-likeness (QED) is 0.686. The zero-order valence-electron chi connectivity index (χ0n) is 13.7. The first-order valence-electron chi connectivity index (χ1n) is 7.71. The Morgan fingerprint density at radius 2 is 1.86 bits per heavy atom. The topological polar surface area (TPSA) is 44.4 Å². The van der Waals surface area contributed by atoms with Crippen molar-refractivity contribution in [2.24, 2.45) is 0 Å². The SMILES string of the molecule is CC(C)NCCCC(=O)NC(CN(C)C)c1ccccc1. The van der Waals surface area contributed by atoms with E-state index in [1.165, 1.54) is 0 Å². The fourth-order valence-corrected chi connectivity index (χ4v) is 2.19. The standard InChI is InChI=1S/C17H29N3O/c1-14(2)18-12-8-11-17(21)19-16(13-20(3)4)15-9-6-5-7-10-15/h5-7,9-10,14,16,18H,8,11-13H2,1-4H3,(H,19,21). The molecule has 1 amide bonds. The van der Waals surface area contributed by atoms with Gasteiger partial charge in [0.15, 0.2) is 0 Å². The highest BCUT2D eigenvalue weighted by Gasteiger charge is 2.15. The molecule has 21 heavy (non-hydrogen) atoms. The maximum absolute atomic E-state index is 12.1. The van der Waals surface area contributed by atoms with Crippen LogP contribution in [0.2, 0.25) is 0 Å². The van der Waals surface area contributed by atoms with Crippen LogP contribution in [0.1, 0.15) is 38.3 Å². The minimum atomic E-state index is 0.0479. The maximum atomic E-state index is 12.1. The Labute approximate surface area is 128 Å². The molecule has 0 radical (unpaired) electrons. The zero-order chi connectivity index (χ0) is 15.7. The van der Waals surface area contributed by atoms with Crippen molar-refractivity contribution in [2.45, 2.75) is 38.8 Å². The molecule has 1 rings (SSSR count). The Bertz CT molecular complexity index is 404. The van der Waals surface area contributed by atoms with Crippen LogP contribution in [0.3, 0.4) is 0 Å². The summed E-state index contributed by atoms with van der Waals surface area (Å²) in [5, 5.41) is 6.47. The first-order valence-corrected chi connectivity index (χ1v) is 7.71. The first kappa shape index (κ1) is 17.7. The Morgan fingerprint density at radius 3 is 2.43 bits per heavy atom. The van der Waals surface area contributed by atoms with Gasteiger partial charge in [-0.15, -0.1) is 0 Å². The zero-order valence-corrected chi connectivity index (χ0v) is 13.7. The molecule has 2 N–H and O–H groups in total. The summed E-state index contributed by atoms with van der Waals surface area (Å²) in [7, 11) is 4.04. The van der Waals surface area contributed by atoms with E-state index in [0.717, 1.165) is 25.1 Å². The third kappa shape index (κ3) is 7.83. The molecule has 1 atom stereocenters. The number of hydrogen-bond donors (Lipinski definition) is 2. The molecule has 0 saturated heterocycles. The van der Waals surface area contributed by atoms with Crippen LogP contribution in [0.25, 0.3) is 0 Å². The van der Waals surface area contributed by atoms with E-state index in [1.54, 1.807) is 0 Å². The van der Waals surface area contributed by atoms with Crippen molar-refractivity contribution in [1.29, 1.82) is 0 Å². The molecular formula is C17H29N3O. The van der Waals surface area contributed by atoms with Gasteiger partial charge in [0, 0.05) is 19.0 Å². The Balaban J connectivity index is 2.47. The van der Waals surface area contributed by atoms with Crippen LogP contribution < -0.4 is 10.6 Å². The molecule has 4 heteroatoms. The highest BCUT2D eigenvalue weighted by Crippen LogP contribution is 2.13. The number of nitrogens with zero attached hydrogens (tertiary/aromatic N) is 1. The van der Waals surface area contributed by atoms with Gasteiger partial charge in [-0.3, -0.25) is 4.79 Å². The monoisotopic (exact) mass is 291 g/mol. The number of amides is 1. The van der Waals surface area contributed by atoms with Gasteiger partial charge in [0.1, 0.15) is 0 Å². The van der Waals surface area contributed by atoms with Gasteiger partial charge in [-0.2, -0.15) is 0 Å². The van der Waals surface area contributed by atoms with Gasteiger partial charge in [-0.25, -0.2) is 0 Å². The van der Waals surface area contributed by atoms with Gasteiger partial charge in [-0.05, 0) is 32.6 Å². The molecule has 118 valence electrons. The lowest BCUT2D eigenvalue weighted by Gasteiger charge is -2.23. The summed E-state index contributed by atoms with van der Waals surface area (Å²) >= 11 is 0. The van der Waals surface area contributed by atoms with Gasteiger partial charge in [0.2, 0.25) is 5.91 Å². The second kappa shape index (κ2) is 9.53. The molecular weight excluding hydrogens is 262 g/mol. The molecule has 0 fully saturated rings. The van der Waals surface area contributed by atoms with E-state index in [9.17, 15) is 4.79 Å². The first-order chi connectivity index (χ1) is 9.99. The lowest BCUT2D eigenvalue weighted by atomic mass is 10.1. The second-order valence-electron chi connectivity index (χ2n) is 6.01. The van der Waals surface area contributed by atoms with Gasteiger partial charge in [0.25, 0.3) is 0 Å². The summed E-state index contributed by atoms with van der Waals surface area (Å²) in [4.78, 5) is 14.2. The average Bonchev–Trinajstić information content (AvgIpc) is 2.43. The summed E-state index contributed by atoms with van der Waals surface area (Å²) in [6.07, 6.45) is 1.43. The predicted octanol–water partition coefficient (Wildman–Crippen LogP) is 2.18. The van der Waals surface area contributed by atoms with E-state index in [0.29, 0.717) is 12.5 Å². The summed E-state index contributed by atoms with van der Waals surface area (Å²) < 4.78 is 0. The fraction of sp³-hybridized carbons (Fsp3) is 0.588. The molecule has 0 spiro atoms. The van der Waals surface area contributed by atoms with Crippen LogP contribution in [-0.4, -0.2) is 44.0 Å². The Kier molecular flexibility index (Phi) is 8.01. The minimum absolute atomic E-state index is 0.0479. The summed E-state index contributed by atoms with van der Waals surface area (Å²) in [6.45, 7) is 5.92. The summed E-state index contributed by atoms with van der Waals surface area (Å²) in [5.74, 6) is 0.122. The predicted molar refractivity (Wildman–Crippen MR) is 88.3 cm³/mol. The highest BCUT2D eigenvalue weighted by atomic mass is 16.1. The number of likely N-dealkylation sites (N-methyl/N-ethyl adjacent to an activating group) is 1. The smallest absolute Gasteiger partial charge is 0.220 e. The Morgan fingerprint density at radius 1 is 1.19 bits per heavy atom. The average molecular weight is 291 g/mol. The van der Waals surface area contributed by atoms with Crippen molar-refractivity contribution in [3.05, 3.63) is 35.9 Å². The van der Waals surface area contributed by atoms with E-state index in [-0.39, 0.29) is 11.9 Å². The fourth-order valence-electron chi connectivity index (χ4n) is 2.19. The van der Waals surface area contributed by atoms with E-state index in [1.807, 2.05) is 32.3 Å². The normalized spacial score (nSPS) is 12.7. The van der Waals surface area contributed by atoms with Gasteiger partial charge < -0.3 is 15.5 Å². The second-order valence-corrected chi connectivity index (χ2v) is 6.01. The third-order valence-electron chi connectivity index (χ3n) is 3.22. The number of benzene rings is 1. The lowest BCUT2D eigenvalue weighted by Crippen LogP contribution is -2.35. The van der Waals surface area contributed by atoms with Crippen LogP contribution in [0.4, 0.5) is 0 Å². The molecule has 0 aliphatic carbocycles. The van der Waals surface area contributed by atoms with Crippen LogP contribution in [0.15, 0.2) is 30.3 Å². The van der Waals surface area contributed by atoms with E-state index < -0.39 is 0 Å². The van der Waals surface area contributed by atoms with Gasteiger partial charge in [0.05, 0.1) is 6.04 Å². The third-order valence-corrected chi connectivity index (χ3v) is 3.22. The molecule has 1 unspecified atom stereocenters. The van der Waals surface area contributed by atoms with Crippen molar-refractivity contribution in [3.8, 4) is 0 Å². The molecule has 1 aromatic rings. The van der Waals surface area contributed by atoms with E-state index in [2.05, 4.69) is 41.5 Å².